The van der Waals surface area contributed by atoms with Gasteiger partial charge in [-0.1, -0.05) is 18.2 Å². The van der Waals surface area contributed by atoms with Crippen LogP contribution in [0.15, 0.2) is 48.8 Å². The summed E-state index contributed by atoms with van der Waals surface area (Å²) in [5.41, 5.74) is 9.47. The van der Waals surface area contributed by atoms with Gasteiger partial charge in [-0.25, -0.2) is 9.50 Å². The van der Waals surface area contributed by atoms with Crippen molar-refractivity contribution in [1.29, 1.82) is 0 Å². The lowest BCUT2D eigenvalue weighted by Crippen LogP contribution is -2.57. The number of imidazole rings is 1. The molecular weight excluding hydrogens is 324 g/mol. The van der Waals surface area contributed by atoms with E-state index in [1.807, 2.05) is 28.9 Å². The van der Waals surface area contributed by atoms with Gasteiger partial charge in [0.05, 0.1) is 5.69 Å². The summed E-state index contributed by atoms with van der Waals surface area (Å²) in [7, 11) is 0. The normalized spacial score (nSPS) is 27.6. The Morgan fingerprint density at radius 1 is 1.00 bits per heavy atom. The Kier molecular flexibility index (Phi) is 3.43. The first-order valence-electron chi connectivity index (χ1n) is 9.37. The summed E-state index contributed by atoms with van der Waals surface area (Å²) >= 11 is 0. The highest BCUT2D eigenvalue weighted by Gasteiger charge is 2.46. The summed E-state index contributed by atoms with van der Waals surface area (Å²) in [6.45, 7) is 0. The molecule has 3 fully saturated rings. The zero-order valence-electron chi connectivity index (χ0n) is 14.8. The van der Waals surface area contributed by atoms with Crippen molar-refractivity contribution in [3.63, 3.8) is 0 Å². The van der Waals surface area contributed by atoms with E-state index in [0.29, 0.717) is 0 Å². The number of nitrogens with one attached hydrogen (secondary N) is 2. The largest absolute Gasteiger partial charge is 0.363 e. The Balaban J connectivity index is 1.47. The average Bonchev–Trinajstić information content (AvgIpc) is 3.13. The molecular formula is C20H24N6. The van der Waals surface area contributed by atoms with E-state index in [9.17, 15) is 0 Å². The molecule has 6 rings (SSSR count). The van der Waals surface area contributed by atoms with Gasteiger partial charge >= 0.3 is 0 Å². The van der Waals surface area contributed by atoms with E-state index >= 15 is 0 Å². The highest BCUT2D eigenvalue weighted by molar-refractivity contribution is 5.75. The third-order valence-corrected chi connectivity index (χ3v) is 6.11. The van der Waals surface area contributed by atoms with Gasteiger partial charge in [-0.3, -0.25) is 0 Å². The number of para-hydroxylation sites is 1. The predicted molar refractivity (Wildman–Crippen MR) is 104 cm³/mol. The van der Waals surface area contributed by atoms with Crippen LogP contribution in [0.4, 0.5) is 17.2 Å². The van der Waals surface area contributed by atoms with Crippen LogP contribution < -0.4 is 16.4 Å². The Labute approximate surface area is 152 Å². The van der Waals surface area contributed by atoms with Crippen LogP contribution in [0.2, 0.25) is 0 Å². The molecule has 0 unspecified atom stereocenters. The molecule has 0 amide bonds. The molecule has 0 saturated heterocycles. The minimum Gasteiger partial charge on any atom is -0.363 e. The van der Waals surface area contributed by atoms with E-state index in [-0.39, 0.29) is 11.1 Å². The zero-order chi connectivity index (χ0) is 17.6. The Hall–Kier alpha value is -2.60. The number of benzene rings is 1. The first-order valence-corrected chi connectivity index (χ1v) is 9.37. The number of hydrogen-bond acceptors (Lipinski definition) is 5. The van der Waals surface area contributed by atoms with Crippen LogP contribution in [0.3, 0.4) is 0 Å². The minimum atomic E-state index is 0.0746. The topological polar surface area (TPSA) is 80.3 Å². The second-order valence-electron chi connectivity index (χ2n) is 7.90. The molecule has 0 aliphatic heterocycles. The summed E-state index contributed by atoms with van der Waals surface area (Å²) in [6.07, 6.45) is 10.3. The summed E-state index contributed by atoms with van der Waals surface area (Å²) in [5.74, 6) is 0.889. The standard InChI is InChI=1S/C20H24N6/c21-19-6-9-20(10-7-19,11-8-19)24-17-14-16(18-22-12-13-26(18)25-17)23-15-4-2-1-3-5-15/h1-5,12-14,23H,6-11,21H2,(H,24,25). The van der Waals surface area contributed by atoms with Crippen molar-refractivity contribution in [3.8, 4) is 0 Å². The minimum absolute atomic E-state index is 0.0746. The molecule has 1 aromatic carbocycles. The molecule has 26 heavy (non-hydrogen) atoms. The second-order valence-corrected chi connectivity index (χ2v) is 7.90. The van der Waals surface area contributed by atoms with Gasteiger partial charge in [0, 0.05) is 35.2 Å². The number of nitrogens with zero attached hydrogens (tertiary/aromatic N) is 3. The summed E-state index contributed by atoms with van der Waals surface area (Å²) in [5, 5.41) is 12.0. The lowest BCUT2D eigenvalue weighted by atomic mass is 9.62. The maximum absolute atomic E-state index is 6.45. The maximum Gasteiger partial charge on any atom is 0.177 e. The third kappa shape index (κ3) is 2.70. The number of nitrogens with two attached hydrogens (primary N) is 1. The van der Waals surface area contributed by atoms with Crippen molar-refractivity contribution in [2.45, 2.75) is 49.6 Å². The van der Waals surface area contributed by atoms with E-state index in [2.05, 4.69) is 33.8 Å². The fourth-order valence-electron chi connectivity index (χ4n) is 4.42. The molecule has 3 aliphatic carbocycles. The highest BCUT2D eigenvalue weighted by Crippen LogP contribution is 2.47. The third-order valence-electron chi connectivity index (χ3n) is 6.11. The molecule has 3 aromatic rings. The van der Waals surface area contributed by atoms with Gasteiger partial charge in [-0.15, -0.1) is 5.10 Å². The van der Waals surface area contributed by atoms with Crippen molar-refractivity contribution in [2.75, 3.05) is 10.6 Å². The molecule has 134 valence electrons. The van der Waals surface area contributed by atoms with Crippen LogP contribution in [-0.2, 0) is 0 Å². The molecule has 6 heteroatoms. The Morgan fingerprint density at radius 2 is 1.73 bits per heavy atom. The van der Waals surface area contributed by atoms with Crippen LogP contribution in [0.5, 0.6) is 0 Å². The number of aromatic nitrogens is 3. The Bertz CT molecular complexity index is 907. The van der Waals surface area contributed by atoms with Crippen molar-refractivity contribution < 1.29 is 0 Å². The first-order chi connectivity index (χ1) is 12.6. The molecule has 2 heterocycles. The lowest BCUT2D eigenvalue weighted by molar-refractivity contribution is 0.126. The molecule has 4 N–H and O–H groups in total. The molecule has 2 aromatic heterocycles. The van der Waals surface area contributed by atoms with Gasteiger partial charge in [-0.05, 0) is 50.7 Å². The molecule has 3 saturated carbocycles. The fourth-order valence-corrected chi connectivity index (χ4v) is 4.42. The van der Waals surface area contributed by atoms with Crippen molar-refractivity contribution >= 4 is 22.8 Å². The zero-order valence-corrected chi connectivity index (χ0v) is 14.8. The van der Waals surface area contributed by atoms with Gasteiger partial charge in [0.25, 0.3) is 0 Å². The van der Waals surface area contributed by atoms with Crippen LogP contribution >= 0.6 is 0 Å². The quantitative estimate of drug-likeness (QED) is 0.670. The second kappa shape index (κ2) is 5.71. The number of anilines is 3. The van der Waals surface area contributed by atoms with Gasteiger partial charge < -0.3 is 16.4 Å². The molecule has 2 bridgehead atoms. The predicted octanol–water partition coefficient (Wildman–Crippen LogP) is 3.69. The highest BCUT2D eigenvalue weighted by atomic mass is 15.3. The first kappa shape index (κ1) is 15.6. The van der Waals surface area contributed by atoms with E-state index in [1.165, 1.54) is 0 Å². The number of fused-ring (bicyclic) bond motifs is 4. The number of rotatable bonds is 4. The van der Waals surface area contributed by atoms with Crippen molar-refractivity contribution in [2.24, 2.45) is 5.73 Å². The summed E-state index contributed by atoms with van der Waals surface area (Å²) < 4.78 is 1.84. The Morgan fingerprint density at radius 3 is 2.46 bits per heavy atom. The van der Waals surface area contributed by atoms with Gasteiger partial charge in [-0.2, -0.15) is 0 Å². The molecule has 0 radical (unpaired) electrons. The SMILES string of the molecule is NC12CCC(Nc3cc(Nc4ccccc4)c4nccn4n3)(CC1)CC2. The lowest BCUT2D eigenvalue weighted by Gasteiger charge is -2.52. The van der Waals surface area contributed by atoms with Crippen LogP contribution in [-0.4, -0.2) is 25.7 Å². The smallest absolute Gasteiger partial charge is 0.177 e. The van der Waals surface area contributed by atoms with E-state index in [0.717, 1.165) is 61.4 Å². The number of hydrogen-bond donors (Lipinski definition) is 3. The van der Waals surface area contributed by atoms with Gasteiger partial charge in [0.15, 0.2) is 5.65 Å². The monoisotopic (exact) mass is 348 g/mol. The van der Waals surface area contributed by atoms with Crippen LogP contribution in [0.25, 0.3) is 5.65 Å². The molecule has 0 atom stereocenters. The van der Waals surface area contributed by atoms with E-state index in [1.54, 1.807) is 6.20 Å². The maximum atomic E-state index is 6.45. The average molecular weight is 348 g/mol. The molecule has 3 aliphatic rings. The van der Waals surface area contributed by atoms with Crippen molar-refractivity contribution in [3.05, 3.63) is 48.8 Å². The fraction of sp³-hybridized carbons (Fsp3) is 0.400. The summed E-state index contributed by atoms with van der Waals surface area (Å²) in [4.78, 5) is 4.45. The van der Waals surface area contributed by atoms with E-state index in [4.69, 9.17) is 10.8 Å². The molecule has 6 nitrogen and oxygen atoms in total. The van der Waals surface area contributed by atoms with Gasteiger partial charge in [0.1, 0.15) is 5.82 Å². The molecule has 0 spiro atoms. The van der Waals surface area contributed by atoms with E-state index < -0.39 is 0 Å². The van der Waals surface area contributed by atoms with Gasteiger partial charge in [0.2, 0.25) is 0 Å². The van der Waals surface area contributed by atoms with Crippen LogP contribution in [0, 0.1) is 0 Å². The summed E-state index contributed by atoms with van der Waals surface area (Å²) in [6, 6.07) is 12.2. The van der Waals surface area contributed by atoms with Crippen molar-refractivity contribution in [1.82, 2.24) is 14.6 Å². The van der Waals surface area contributed by atoms with Crippen LogP contribution in [0.1, 0.15) is 38.5 Å².